The van der Waals surface area contributed by atoms with Crippen LogP contribution in [0.1, 0.15) is 25.5 Å². The van der Waals surface area contributed by atoms with Crippen molar-refractivity contribution in [1.82, 2.24) is 14.8 Å². The molecule has 114 valence electrons. The first-order valence-corrected chi connectivity index (χ1v) is 7.72. The Morgan fingerprint density at radius 3 is 2.57 bits per heavy atom. The van der Waals surface area contributed by atoms with Crippen LogP contribution < -0.4 is 16.2 Å². The molecule has 0 saturated heterocycles. The molecule has 0 spiro atoms. The second kappa shape index (κ2) is 6.82. The normalized spacial score (nSPS) is 12.6. The molecule has 1 aromatic heterocycles. The first kappa shape index (κ1) is 15.7. The fraction of sp³-hybridized carbons (Fsp3) is 0.429. The van der Waals surface area contributed by atoms with Crippen molar-refractivity contribution in [3.8, 4) is 5.75 Å². The Hall–Kier alpha value is -1.73. The van der Waals surface area contributed by atoms with Gasteiger partial charge in [-0.25, -0.2) is 9.89 Å². The fourth-order valence-electron chi connectivity index (χ4n) is 1.79. The van der Waals surface area contributed by atoms with E-state index in [4.69, 9.17) is 10.5 Å². The number of aromatic amines is 1. The van der Waals surface area contributed by atoms with Gasteiger partial charge in [0.05, 0.1) is 6.10 Å². The molecule has 0 aliphatic carbocycles. The van der Waals surface area contributed by atoms with Gasteiger partial charge >= 0.3 is 5.69 Å². The van der Waals surface area contributed by atoms with Gasteiger partial charge in [0.15, 0.2) is 5.16 Å². The summed E-state index contributed by atoms with van der Waals surface area (Å²) in [6.07, 6.45) is 0.154. The highest BCUT2D eigenvalue weighted by molar-refractivity contribution is 7.99. The van der Waals surface area contributed by atoms with E-state index in [2.05, 4.69) is 10.2 Å². The van der Waals surface area contributed by atoms with Crippen LogP contribution in [0.4, 0.5) is 0 Å². The molecule has 21 heavy (non-hydrogen) atoms. The summed E-state index contributed by atoms with van der Waals surface area (Å²) in [5, 5.41) is 6.98. The number of nitrogens with zero attached hydrogens (tertiary/aromatic N) is 2. The van der Waals surface area contributed by atoms with E-state index < -0.39 is 0 Å². The van der Waals surface area contributed by atoms with E-state index in [1.807, 2.05) is 38.1 Å². The molecule has 1 unspecified atom stereocenters. The molecule has 1 heterocycles. The molecule has 2 rings (SSSR count). The Kier molecular flexibility index (Phi) is 5.08. The maximum absolute atomic E-state index is 11.3. The van der Waals surface area contributed by atoms with Crippen LogP contribution in [-0.2, 0) is 7.05 Å². The topological polar surface area (TPSA) is 85.9 Å². The predicted molar refractivity (Wildman–Crippen MR) is 83.7 cm³/mol. The largest absolute Gasteiger partial charge is 0.491 e. The molecule has 7 heteroatoms. The van der Waals surface area contributed by atoms with E-state index in [0.29, 0.717) is 10.9 Å². The van der Waals surface area contributed by atoms with Crippen LogP contribution in [0.3, 0.4) is 0 Å². The number of nitrogens with two attached hydrogens (primary N) is 1. The van der Waals surface area contributed by atoms with E-state index in [1.54, 1.807) is 7.05 Å². The molecule has 0 amide bonds. The quantitative estimate of drug-likeness (QED) is 0.793. The van der Waals surface area contributed by atoms with Gasteiger partial charge in [-0.2, -0.15) is 0 Å². The minimum absolute atomic E-state index is 0.130. The van der Waals surface area contributed by atoms with Crippen LogP contribution in [0.2, 0.25) is 0 Å². The molecule has 3 N–H and O–H groups in total. The lowest BCUT2D eigenvalue weighted by molar-refractivity contribution is 0.242. The first-order chi connectivity index (χ1) is 9.97. The van der Waals surface area contributed by atoms with Crippen LogP contribution in [0.25, 0.3) is 0 Å². The van der Waals surface area contributed by atoms with Gasteiger partial charge in [-0.3, -0.25) is 4.57 Å². The van der Waals surface area contributed by atoms with Crippen molar-refractivity contribution < 1.29 is 4.74 Å². The third-order valence-corrected chi connectivity index (χ3v) is 4.06. The highest BCUT2D eigenvalue weighted by Crippen LogP contribution is 2.22. The van der Waals surface area contributed by atoms with Gasteiger partial charge in [0.2, 0.25) is 0 Å². The molecule has 1 aromatic carbocycles. The third-order valence-electron chi connectivity index (χ3n) is 2.91. The average molecular weight is 308 g/mol. The highest BCUT2D eigenvalue weighted by Gasteiger charge is 2.11. The molecule has 0 aliphatic rings. The first-order valence-electron chi connectivity index (χ1n) is 6.73. The van der Waals surface area contributed by atoms with Crippen LogP contribution in [0, 0.1) is 0 Å². The Bertz CT molecular complexity index is 633. The van der Waals surface area contributed by atoms with Gasteiger partial charge in [-0.15, -0.1) is 5.10 Å². The summed E-state index contributed by atoms with van der Waals surface area (Å²) in [6.45, 7) is 3.98. The SMILES string of the molecule is CC(C)Oc1ccc(C(N)CSc2n[nH]c(=O)n2C)cc1. The molecule has 0 radical (unpaired) electrons. The van der Waals surface area contributed by atoms with Crippen molar-refractivity contribution in [2.45, 2.75) is 31.1 Å². The Morgan fingerprint density at radius 1 is 1.38 bits per heavy atom. The van der Waals surface area contributed by atoms with E-state index >= 15 is 0 Å². The van der Waals surface area contributed by atoms with Gasteiger partial charge in [0.1, 0.15) is 5.75 Å². The molecule has 1 atom stereocenters. The van der Waals surface area contributed by atoms with Crippen molar-refractivity contribution in [1.29, 1.82) is 0 Å². The lowest BCUT2D eigenvalue weighted by Crippen LogP contribution is -2.15. The molecule has 0 saturated carbocycles. The van der Waals surface area contributed by atoms with Crippen LogP contribution in [0.5, 0.6) is 5.75 Å². The minimum atomic E-state index is -0.221. The number of benzene rings is 1. The number of aromatic nitrogens is 3. The lowest BCUT2D eigenvalue weighted by Gasteiger charge is -2.13. The number of rotatable bonds is 6. The Morgan fingerprint density at radius 2 is 2.05 bits per heavy atom. The van der Waals surface area contributed by atoms with Crippen molar-refractivity contribution in [2.24, 2.45) is 12.8 Å². The predicted octanol–water partition coefficient (Wildman–Crippen LogP) is 1.69. The molecule has 2 aromatic rings. The summed E-state index contributed by atoms with van der Waals surface area (Å²) < 4.78 is 7.07. The smallest absolute Gasteiger partial charge is 0.343 e. The third kappa shape index (κ3) is 4.12. The lowest BCUT2D eigenvalue weighted by atomic mass is 10.1. The van der Waals surface area contributed by atoms with Crippen molar-refractivity contribution >= 4 is 11.8 Å². The molecular weight excluding hydrogens is 288 g/mol. The average Bonchev–Trinajstić information content (AvgIpc) is 2.76. The van der Waals surface area contributed by atoms with Crippen molar-refractivity contribution in [3.05, 3.63) is 40.3 Å². The standard InChI is InChI=1S/C14H20N4O2S/c1-9(2)20-11-6-4-10(5-7-11)12(15)8-21-14-17-16-13(19)18(14)3/h4-7,9,12H,8,15H2,1-3H3,(H,16,19). The summed E-state index contributed by atoms with van der Waals surface area (Å²) in [7, 11) is 1.68. The second-order valence-electron chi connectivity index (χ2n) is 5.02. The number of hydrogen-bond donors (Lipinski definition) is 2. The molecular formula is C14H20N4O2S. The number of hydrogen-bond acceptors (Lipinski definition) is 5. The van der Waals surface area contributed by atoms with E-state index in [1.165, 1.54) is 16.3 Å². The van der Waals surface area contributed by atoms with Gasteiger partial charge in [-0.1, -0.05) is 23.9 Å². The maximum atomic E-state index is 11.3. The molecule has 0 bridgehead atoms. The summed E-state index contributed by atoms with van der Waals surface area (Å²) in [4.78, 5) is 11.3. The summed E-state index contributed by atoms with van der Waals surface area (Å²) in [5.41, 5.74) is 6.97. The Labute approximate surface area is 127 Å². The number of H-pyrrole nitrogens is 1. The monoisotopic (exact) mass is 308 g/mol. The van der Waals surface area contributed by atoms with Crippen LogP contribution >= 0.6 is 11.8 Å². The minimum Gasteiger partial charge on any atom is -0.491 e. The van der Waals surface area contributed by atoms with E-state index in [-0.39, 0.29) is 17.8 Å². The zero-order valence-electron chi connectivity index (χ0n) is 12.4. The van der Waals surface area contributed by atoms with Crippen LogP contribution in [0.15, 0.2) is 34.2 Å². The number of nitrogens with one attached hydrogen (secondary N) is 1. The van der Waals surface area contributed by atoms with Crippen molar-refractivity contribution in [2.75, 3.05) is 5.75 Å². The van der Waals surface area contributed by atoms with Crippen molar-refractivity contribution in [3.63, 3.8) is 0 Å². The molecule has 0 aliphatic heterocycles. The maximum Gasteiger partial charge on any atom is 0.343 e. The zero-order chi connectivity index (χ0) is 15.4. The molecule has 0 fully saturated rings. The number of thioether (sulfide) groups is 1. The summed E-state index contributed by atoms with van der Waals surface area (Å²) in [6, 6.07) is 7.64. The van der Waals surface area contributed by atoms with Crippen LogP contribution in [-0.4, -0.2) is 26.6 Å². The van der Waals surface area contributed by atoms with E-state index in [9.17, 15) is 4.79 Å². The van der Waals surface area contributed by atoms with Gasteiger partial charge < -0.3 is 10.5 Å². The number of ether oxygens (including phenoxy) is 1. The Balaban J connectivity index is 1.95. The fourth-order valence-corrected chi connectivity index (χ4v) is 2.70. The van der Waals surface area contributed by atoms with Gasteiger partial charge in [0.25, 0.3) is 0 Å². The van der Waals surface area contributed by atoms with Gasteiger partial charge in [-0.05, 0) is 31.5 Å². The zero-order valence-corrected chi connectivity index (χ0v) is 13.2. The summed E-state index contributed by atoms with van der Waals surface area (Å²) >= 11 is 1.45. The van der Waals surface area contributed by atoms with E-state index in [0.717, 1.165) is 11.3 Å². The highest BCUT2D eigenvalue weighted by atomic mass is 32.2. The summed E-state index contributed by atoms with van der Waals surface area (Å²) in [5.74, 6) is 1.48. The molecule has 6 nitrogen and oxygen atoms in total. The van der Waals surface area contributed by atoms with Gasteiger partial charge in [0, 0.05) is 18.8 Å². The second-order valence-corrected chi connectivity index (χ2v) is 6.01.